The predicted molar refractivity (Wildman–Crippen MR) is 53.0 cm³/mol. The van der Waals surface area contributed by atoms with Gasteiger partial charge in [-0.2, -0.15) is 0 Å². The Bertz CT molecular complexity index is 171. The van der Waals surface area contributed by atoms with Crippen molar-refractivity contribution in [2.45, 2.75) is 45.8 Å². The van der Waals surface area contributed by atoms with Crippen LogP contribution in [-0.4, -0.2) is 36.0 Å². The summed E-state index contributed by atoms with van der Waals surface area (Å²) in [6.45, 7) is 7.35. The Labute approximate surface area is 85.2 Å². The smallest absolute Gasteiger partial charge is 0.335 e. The van der Waals surface area contributed by atoms with E-state index in [1.54, 1.807) is 0 Å². The topological polar surface area (TPSA) is 55.8 Å². The average molecular weight is 204 g/mol. The molecule has 0 rings (SSSR count). The summed E-state index contributed by atoms with van der Waals surface area (Å²) in [5.74, 6) is -0.367. The minimum absolute atomic E-state index is 0.0840. The van der Waals surface area contributed by atoms with Gasteiger partial charge in [-0.15, -0.1) is 0 Å². The molecule has 0 amide bonds. The van der Waals surface area contributed by atoms with Crippen molar-refractivity contribution in [3.05, 3.63) is 0 Å². The third-order valence-corrected chi connectivity index (χ3v) is 1.45. The summed E-state index contributed by atoms with van der Waals surface area (Å²) in [6.07, 6.45) is -0.0177. The molecule has 0 aliphatic rings. The first-order chi connectivity index (χ1) is 6.40. The zero-order valence-electron chi connectivity index (χ0n) is 9.37. The van der Waals surface area contributed by atoms with Gasteiger partial charge in [0.05, 0.1) is 13.2 Å². The van der Waals surface area contributed by atoms with E-state index in [1.807, 2.05) is 27.7 Å². The van der Waals surface area contributed by atoms with Crippen LogP contribution < -0.4 is 0 Å². The van der Waals surface area contributed by atoms with Gasteiger partial charge in [-0.3, -0.25) is 0 Å². The van der Waals surface area contributed by atoms with Crippen molar-refractivity contribution in [1.29, 1.82) is 0 Å². The number of hydrogen-bond acceptors (Lipinski definition) is 4. The van der Waals surface area contributed by atoms with Gasteiger partial charge in [0.25, 0.3) is 0 Å². The average Bonchev–Trinajstić information content (AvgIpc) is 2.02. The third-order valence-electron chi connectivity index (χ3n) is 1.45. The highest BCUT2D eigenvalue weighted by atomic mass is 16.6. The number of rotatable bonds is 5. The first-order valence-corrected chi connectivity index (χ1v) is 4.86. The molecule has 4 nitrogen and oxygen atoms in total. The molecule has 84 valence electrons. The van der Waals surface area contributed by atoms with Crippen LogP contribution in [0.1, 0.15) is 34.1 Å². The van der Waals surface area contributed by atoms with Gasteiger partial charge >= 0.3 is 5.97 Å². The maximum absolute atomic E-state index is 11.5. The fourth-order valence-corrected chi connectivity index (χ4v) is 0.915. The van der Waals surface area contributed by atoms with Crippen molar-refractivity contribution < 1.29 is 19.4 Å². The molecule has 0 aliphatic heterocycles. The van der Waals surface area contributed by atoms with Crippen molar-refractivity contribution in [2.75, 3.05) is 13.2 Å². The summed E-state index contributed by atoms with van der Waals surface area (Å²) >= 11 is 0. The zero-order valence-corrected chi connectivity index (χ0v) is 9.37. The van der Waals surface area contributed by atoms with Crippen LogP contribution in [0.15, 0.2) is 0 Å². The molecule has 0 aromatic rings. The summed E-state index contributed by atoms with van der Waals surface area (Å²) in [5, 5.41) is 8.55. The van der Waals surface area contributed by atoms with E-state index >= 15 is 0 Å². The normalized spacial score (nSPS) is 13.8. The first kappa shape index (κ1) is 13.4. The monoisotopic (exact) mass is 204 g/mol. The van der Waals surface area contributed by atoms with E-state index in [9.17, 15) is 4.79 Å². The van der Waals surface area contributed by atoms with Gasteiger partial charge in [0, 0.05) is 0 Å². The molecule has 0 aromatic heterocycles. The largest absolute Gasteiger partial charge is 0.458 e. The van der Waals surface area contributed by atoms with E-state index in [1.165, 1.54) is 0 Å². The quantitative estimate of drug-likeness (QED) is 0.682. The maximum atomic E-state index is 11.5. The summed E-state index contributed by atoms with van der Waals surface area (Å²) in [5.41, 5.74) is -0.493. The van der Waals surface area contributed by atoms with Crippen LogP contribution in [0.25, 0.3) is 0 Å². The number of carbonyl (C=O) groups excluding carboxylic acids is 1. The Morgan fingerprint density at radius 1 is 1.43 bits per heavy atom. The van der Waals surface area contributed by atoms with Gasteiger partial charge in [-0.1, -0.05) is 6.92 Å². The van der Waals surface area contributed by atoms with Crippen molar-refractivity contribution in [2.24, 2.45) is 0 Å². The lowest BCUT2D eigenvalue weighted by Crippen LogP contribution is -2.33. The molecule has 0 bridgehead atoms. The van der Waals surface area contributed by atoms with E-state index in [0.717, 1.165) is 0 Å². The number of ether oxygens (including phenoxy) is 2. The van der Waals surface area contributed by atoms with Gasteiger partial charge in [-0.05, 0) is 27.2 Å². The predicted octanol–water partition coefficient (Wildman–Crippen LogP) is 1.12. The van der Waals surface area contributed by atoms with Crippen LogP contribution in [0.3, 0.4) is 0 Å². The second-order valence-corrected chi connectivity index (χ2v) is 4.02. The lowest BCUT2D eigenvalue weighted by atomic mass is 10.2. The van der Waals surface area contributed by atoms with Crippen LogP contribution >= 0.6 is 0 Å². The fraction of sp³-hybridized carbons (Fsp3) is 0.900. The Hall–Kier alpha value is -0.610. The Morgan fingerprint density at radius 2 is 2.00 bits per heavy atom. The van der Waals surface area contributed by atoms with Crippen LogP contribution in [0.5, 0.6) is 0 Å². The summed E-state index contributed by atoms with van der Waals surface area (Å²) in [7, 11) is 0. The molecule has 14 heavy (non-hydrogen) atoms. The number of hydrogen-bond donors (Lipinski definition) is 1. The van der Waals surface area contributed by atoms with Crippen molar-refractivity contribution >= 4 is 5.97 Å². The highest BCUT2D eigenvalue weighted by Gasteiger charge is 2.24. The molecule has 0 radical (unpaired) electrons. The molecule has 0 saturated carbocycles. The minimum atomic E-state index is -0.568. The standard InChI is InChI=1S/C10H20O4/c1-5-8(13-7-6-11)9(12)14-10(2,3)4/h8,11H,5-7H2,1-4H3. The van der Waals surface area contributed by atoms with Crippen molar-refractivity contribution in [3.8, 4) is 0 Å². The van der Waals surface area contributed by atoms with E-state index in [2.05, 4.69) is 0 Å². The number of aliphatic hydroxyl groups is 1. The van der Waals surface area contributed by atoms with Crippen LogP contribution in [0, 0.1) is 0 Å². The second-order valence-electron chi connectivity index (χ2n) is 4.02. The van der Waals surface area contributed by atoms with E-state index < -0.39 is 11.7 Å². The first-order valence-electron chi connectivity index (χ1n) is 4.86. The number of esters is 1. The summed E-state index contributed by atoms with van der Waals surface area (Å²) in [4.78, 5) is 11.5. The lowest BCUT2D eigenvalue weighted by molar-refractivity contribution is -0.169. The molecule has 0 heterocycles. The number of carbonyl (C=O) groups is 1. The Kier molecular flexibility index (Phi) is 5.72. The van der Waals surface area contributed by atoms with E-state index in [4.69, 9.17) is 14.6 Å². The molecular formula is C10H20O4. The van der Waals surface area contributed by atoms with Gasteiger partial charge < -0.3 is 14.6 Å². The molecule has 0 saturated heterocycles. The van der Waals surface area contributed by atoms with Crippen molar-refractivity contribution in [1.82, 2.24) is 0 Å². The number of aliphatic hydroxyl groups excluding tert-OH is 1. The Morgan fingerprint density at radius 3 is 2.36 bits per heavy atom. The van der Waals surface area contributed by atoms with Gasteiger partial charge in [-0.25, -0.2) is 4.79 Å². The molecule has 1 unspecified atom stereocenters. The summed E-state index contributed by atoms with van der Waals surface area (Å²) in [6, 6.07) is 0. The second kappa shape index (κ2) is 5.98. The summed E-state index contributed by atoms with van der Waals surface area (Å²) < 4.78 is 10.3. The van der Waals surface area contributed by atoms with Crippen LogP contribution in [0.4, 0.5) is 0 Å². The molecule has 0 spiro atoms. The fourth-order valence-electron chi connectivity index (χ4n) is 0.915. The van der Waals surface area contributed by atoms with E-state index in [0.29, 0.717) is 6.42 Å². The third kappa shape index (κ3) is 5.94. The van der Waals surface area contributed by atoms with Crippen molar-refractivity contribution in [3.63, 3.8) is 0 Å². The van der Waals surface area contributed by atoms with Crippen LogP contribution in [0.2, 0.25) is 0 Å². The molecular weight excluding hydrogens is 184 g/mol. The zero-order chi connectivity index (χ0) is 11.2. The molecule has 0 aromatic carbocycles. The van der Waals surface area contributed by atoms with Gasteiger partial charge in [0.2, 0.25) is 0 Å². The minimum Gasteiger partial charge on any atom is -0.458 e. The lowest BCUT2D eigenvalue weighted by Gasteiger charge is -2.23. The molecule has 1 atom stereocenters. The van der Waals surface area contributed by atoms with Gasteiger partial charge in [0.15, 0.2) is 6.10 Å². The maximum Gasteiger partial charge on any atom is 0.335 e. The molecule has 0 fully saturated rings. The SMILES string of the molecule is CCC(OCCO)C(=O)OC(C)(C)C. The Balaban J connectivity index is 4.04. The molecule has 1 N–H and O–H groups in total. The molecule has 0 aliphatic carbocycles. The molecule has 4 heteroatoms. The van der Waals surface area contributed by atoms with Crippen LogP contribution in [-0.2, 0) is 14.3 Å². The van der Waals surface area contributed by atoms with E-state index in [-0.39, 0.29) is 19.2 Å². The highest BCUT2D eigenvalue weighted by molar-refractivity contribution is 5.75. The van der Waals surface area contributed by atoms with Gasteiger partial charge in [0.1, 0.15) is 5.60 Å². The highest BCUT2D eigenvalue weighted by Crippen LogP contribution is 2.11.